The lowest BCUT2D eigenvalue weighted by molar-refractivity contribution is -0.142. The number of para-hydroxylation sites is 1. The summed E-state index contributed by atoms with van der Waals surface area (Å²) in [5.74, 6) is 0.426. The summed E-state index contributed by atoms with van der Waals surface area (Å²) in [6.45, 7) is 5.90. The van der Waals surface area contributed by atoms with Gasteiger partial charge in [0.1, 0.15) is 5.82 Å². The molecule has 0 saturated heterocycles. The van der Waals surface area contributed by atoms with E-state index in [0.717, 1.165) is 16.9 Å². The number of imidazole rings is 1. The molecule has 20 heavy (non-hydrogen) atoms. The molecule has 0 fully saturated rings. The van der Waals surface area contributed by atoms with Crippen LogP contribution in [-0.4, -0.2) is 27.7 Å². The maximum atomic E-state index is 11.2. The molecule has 0 spiro atoms. The lowest BCUT2D eigenvalue weighted by atomic mass is 10.1. The van der Waals surface area contributed by atoms with E-state index in [4.69, 9.17) is 0 Å². The molecule has 0 aliphatic rings. The Balaban J connectivity index is 0.000000956. The van der Waals surface area contributed by atoms with Gasteiger partial charge in [0.2, 0.25) is 0 Å². The first-order valence-electron chi connectivity index (χ1n) is 6.71. The molecular weight excluding hydrogens is 256 g/mol. The van der Waals surface area contributed by atoms with Gasteiger partial charge < -0.3 is 14.4 Å². The molecule has 1 heterocycles. The van der Waals surface area contributed by atoms with Gasteiger partial charge in [-0.15, -0.1) is 0 Å². The third kappa shape index (κ3) is 3.17. The summed E-state index contributed by atoms with van der Waals surface area (Å²) < 4.78 is 6.51. The van der Waals surface area contributed by atoms with Gasteiger partial charge in [-0.05, 0) is 13.0 Å². The quantitative estimate of drug-likeness (QED) is 0.876. The number of aliphatic hydroxyl groups is 1. The monoisotopic (exact) mass is 278 g/mol. The summed E-state index contributed by atoms with van der Waals surface area (Å²) in [6.07, 6.45) is -0.957. The minimum Gasteiger partial charge on any atom is -0.469 e. The van der Waals surface area contributed by atoms with Gasteiger partial charge in [-0.2, -0.15) is 0 Å². The normalized spacial score (nSPS) is 11.7. The Bertz CT molecular complexity index is 590. The number of esters is 1. The molecule has 0 bridgehead atoms. The summed E-state index contributed by atoms with van der Waals surface area (Å²) in [5.41, 5.74) is 2.32. The number of hydrogen-bond donors (Lipinski definition) is 1. The van der Waals surface area contributed by atoms with Gasteiger partial charge in [0.05, 0.1) is 30.7 Å². The number of aryl methyl sites for hydroxylation is 2. The van der Waals surface area contributed by atoms with Crippen molar-refractivity contribution in [2.75, 3.05) is 7.11 Å². The van der Waals surface area contributed by atoms with Crippen molar-refractivity contribution in [2.45, 2.75) is 33.3 Å². The number of fused-ring (bicyclic) bond motifs is 1. The Kier molecular flexibility index (Phi) is 5.70. The van der Waals surface area contributed by atoms with Crippen LogP contribution < -0.4 is 0 Å². The number of benzene rings is 1. The lowest BCUT2D eigenvalue weighted by Crippen LogP contribution is -2.08. The van der Waals surface area contributed by atoms with Crippen LogP contribution in [0.2, 0.25) is 0 Å². The summed E-state index contributed by atoms with van der Waals surface area (Å²) in [7, 11) is 3.22. The highest BCUT2D eigenvalue weighted by molar-refractivity contribution is 5.81. The molecule has 1 unspecified atom stereocenters. The molecule has 0 aliphatic heterocycles. The van der Waals surface area contributed by atoms with Gasteiger partial charge >= 0.3 is 5.97 Å². The van der Waals surface area contributed by atoms with E-state index in [1.54, 1.807) is 6.07 Å². The molecule has 1 aromatic heterocycles. The first-order valence-corrected chi connectivity index (χ1v) is 6.71. The minimum absolute atomic E-state index is 0.0643. The third-order valence-electron chi connectivity index (χ3n) is 3.11. The van der Waals surface area contributed by atoms with Gasteiger partial charge in [0.15, 0.2) is 0 Å². The van der Waals surface area contributed by atoms with E-state index in [-0.39, 0.29) is 6.42 Å². The van der Waals surface area contributed by atoms with Crippen molar-refractivity contribution in [2.24, 2.45) is 7.05 Å². The van der Waals surface area contributed by atoms with Crippen LogP contribution >= 0.6 is 0 Å². The number of nitrogens with zero attached hydrogens (tertiary/aromatic N) is 2. The number of hydrogen-bond acceptors (Lipinski definition) is 4. The van der Waals surface area contributed by atoms with Crippen LogP contribution in [0.4, 0.5) is 0 Å². The highest BCUT2D eigenvalue weighted by atomic mass is 16.5. The van der Waals surface area contributed by atoms with Crippen LogP contribution in [0, 0.1) is 6.92 Å². The number of ether oxygens (including phenoxy) is 1. The second-order valence-electron chi connectivity index (χ2n) is 4.23. The Labute approximate surface area is 119 Å². The highest BCUT2D eigenvalue weighted by Crippen LogP contribution is 2.26. The average molecular weight is 278 g/mol. The predicted octanol–water partition coefficient (Wildman–Crippen LogP) is 2.50. The van der Waals surface area contributed by atoms with Crippen LogP contribution in [0.25, 0.3) is 11.0 Å². The molecule has 110 valence electrons. The van der Waals surface area contributed by atoms with Crippen molar-refractivity contribution in [3.05, 3.63) is 29.6 Å². The van der Waals surface area contributed by atoms with E-state index in [0.29, 0.717) is 5.56 Å². The van der Waals surface area contributed by atoms with E-state index in [2.05, 4.69) is 9.72 Å². The Morgan fingerprint density at radius 2 is 2.10 bits per heavy atom. The second-order valence-corrected chi connectivity index (χ2v) is 4.23. The minimum atomic E-state index is -0.893. The summed E-state index contributed by atoms with van der Waals surface area (Å²) in [5, 5.41) is 10.1. The maximum Gasteiger partial charge on any atom is 0.308 e. The molecule has 2 rings (SSSR count). The number of carbonyl (C=O) groups excluding carboxylic acids is 1. The standard InChI is InChI=1S/C13H16N2O3.C2H6/c1-8-14-13-9(11(16)7-12(17)18-3)5-4-6-10(13)15(8)2;1-2/h4-6,11,16H,7H2,1-3H3;1-2H3. The predicted molar refractivity (Wildman–Crippen MR) is 78.4 cm³/mol. The molecule has 0 saturated carbocycles. The van der Waals surface area contributed by atoms with Gasteiger partial charge in [0.25, 0.3) is 0 Å². The molecule has 0 radical (unpaired) electrons. The van der Waals surface area contributed by atoms with E-state index < -0.39 is 12.1 Å². The first kappa shape index (κ1) is 16.2. The Hall–Kier alpha value is -1.88. The van der Waals surface area contributed by atoms with Crippen LogP contribution in [0.5, 0.6) is 0 Å². The topological polar surface area (TPSA) is 64.3 Å². The van der Waals surface area contributed by atoms with Crippen LogP contribution in [0.1, 0.15) is 37.8 Å². The highest BCUT2D eigenvalue weighted by Gasteiger charge is 2.18. The van der Waals surface area contributed by atoms with E-state index in [1.807, 2.05) is 44.5 Å². The first-order chi connectivity index (χ1) is 9.54. The number of carbonyl (C=O) groups is 1. The molecule has 2 aromatic rings. The van der Waals surface area contributed by atoms with Crippen molar-refractivity contribution in [3.63, 3.8) is 0 Å². The molecule has 0 aliphatic carbocycles. The van der Waals surface area contributed by atoms with Crippen molar-refractivity contribution in [3.8, 4) is 0 Å². The molecule has 1 aromatic carbocycles. The SMILES string of the molecule is CC.COC(=O)CC(O)c1cccc2c1nc(C)n2C. The van der Waals surface area contributed by atoms with Crippen molar-refractivity contribution >= 4 is 17.0 Å². The van der Waals surface area contributed by atoms with Gasteiger partial charge in [0, 0.05) is 12.6 Å². The van der Waals surface area contributed by atoms with Crippen LogP contribution in [0.15, 0.2) is 18.2 Å². The van der Waals surface area contributed by atoms with Crippen molar-refractivity contribution < 1.29 is 14.6 Å². The molecule has 5 nitrogen and oxygen atoms in total. The van der Waals surface area contributed by atoms with Gasteiger partial charge in [-0.25, -0.2) is 4.98 Å². The summed E-state index contributed by atoms with van der Waals surface area (Å²) in [4.78, 5) is 15.6. The van der Waals surface area contributed by atoms with Gasteiger partial charge in [-0.3, -0.25) is 4.79 Å². The summed E-state index contributed by atoms with van der Waals surface area (Å²) in [6, 6.07) is 5.56. The van der Waals surface area contributed by atoms with Crippen LogP contribution in [-0.2, 0) is 16.6 Å². The van der Waals surface area contributed by atoms with E-state index in [1.165, 1.54) is 7.11 Å². The number of aliphatic hydroxyl groups excluding tert-OH is 1. The smallest absolute Gasteiger partial charge is 0.308 e. The van der Waals surface area contributed by atoms with Crippen molar-refractivity contribution in [1.29, 1.82) is 0 Å². The molecule has 1 N–H and O–H groups in total. The fourth-order valence-corrected chi connectivity index (χ4v) is 1.97. The molecule has 0 amide bonds. The zero-order valence-corrected chi connectivity index (χ0v) is 12.7. The van der Waals surface area contributed by atoms with Gasteiger partial charge in [-0.1, -0.05) is 26.0 Å². The maximum absolute atomic E-state index is 11.2. The number of methoxy groups -OCH3 is 1. The average Bonchev–Trinajstić information content (AvgIpc) is 2.76. The third-order valence-corrected chi connectivity index (χ3v) is 3.11. The fourth-order valence-electron chi connectivity index (χ4n) is 1.97. The number of rotatable bonds is 3. The molecule has 5 heteroatoms. The number of aromatic nitrogens is 2. The molecule has 1 atom stereocenters. The van der Waals surface area contributed by atoms with E-state index in [9.17, 15) is 9.90 Å². The summed E-state index contributed by atoms with van der Waals surface area (Å²) >= 11 is 0. The largest absolute Gasteiger partial charge is 0.469 e. The molecular formula is C15H22N2O3. The Morgan fingerprint density at radius 1 is 1.45 bits per heavy atom. The van der Waals surface area contributed by atoms with Crippen LogP contribution in [0.3, 0.4) is 0 Å². The Morgan fingerprint density at radius 3 is 2.70 bits per heavy atom. The van der Waals surface area contributed by atoms with Crippen molar-refractivity contribution in [1.82, 2.24) is 9.55 Å². The van der Waals surface area contributed by atoms with E-state index >= 15 is 0 Å². The lowest BCUT2D eigenvalue weighted by Gasteiger charge is -2.10. The fraction of sp³-hybridized carbons (Fsp3) is 0.467. The second kappa shape index (κ2) is 7.05. The zero-order valence-electron chi connectivity index (χ0n) is 12.7. The zero-order chi connectivity index (χ0) is 15.3.